The van der Waals surface area contributed by atoms with Gasteiger partial charge in [-0.15, -0.1) is 4.73 Å². The normalized spacial score (nSPS) is 22.3. The number of nitrogens with one attached hydrogen (secondary N) is 1. The SMILES string of the molecule is CC(C)n1c(=O)n(OC(=O)NC2C[C@H]3CC[C@@H](C2)N3CC(O)CN(C)S(=O)(=O)c2cn(C)cn2)c2ccccc21. The second kappa shape index (κ2) is 11.0. The number of sulfonamides is 1. The van der Waals surface area contributed by atoms with Gasteiger partial charge in [0.05, 0.1) is 17.9 Å². The van der Waals surface area contributed by atoms with Gasteiger partial charge >= 0.3 is 11.8 Å². The monoisotopic (exact) mass is 575 g/mol. The number of hydrogen-bond acceptors (Lipinski definition) is 8. The van der Waals surface area contributed by atoms with E-state index in [1.54, 1.807) is 28.3 Å². The fourth-order valence-electron chi connectivity index (χ4n) is 6.07. The summed E-state index contributed by atoms with van der Waals surface area (Å²) in [6.45, 7) is 4.08. The third kappa shape index (κ3) is 5.40. The molecule has 0 spiro atoms. The highest BCUT2D eigenvalue weighted by Crippen LogP contribution is 2.36. The van der Waals surface area contributed by atoms with Crippen molar-refractivity contribution < 1.29 is 23.2 Å². The number of benzene rings is 1. The molecule has 3 aromatic rings. The molecule has 0 radical (unpaired) electrons. The van der Waals surface area contributed by atoms with E-state index in [2.05, 4.69) is 15.2 Å². The van der Waals surface area contributed by atoms with Gasteiger partial charge in [0.25, 0.3) is 10.0 Å². The Labute approximate surface area is 233 Å². The number of carbonyl (C=O) groups is 1. The van der Waals surface area contributed by atoms with Crippen molar-refractivity contribution >= 4 is 27.1 Å². The molecule has 4 atom stereocenters. The first kappa shape index (κ1) is 28.3. The van der Waals surface area contributed by atoms with Crippen LogP contribution in [-0.4, -0.2) is 92.0 Å². The molecule has 2 saturated heterocycles. The summed E-state index contributed by atoms with van der Waals surface area (Å²) in [6.07, 6.45) is 4.47. The van der Waals surface area contributed by atoms with Crippen LogP contribution in [0.15, 0.2) is 46.6 Å². The Balaban J connectivity index is 1.18. The topological polar surface area (TPSA) is 144 Å². The maximum Gasteiger partial charge on any atom is 0.432 e. The average Bonchev–Trinajstić information content (AvgIpc) is 3.51. The Kier molecular flexibility index (Phi) is 7.79. The molecule has 1 amide bonds. The zero-order valence-corrected chi connectivity index (χ0v) is 24.0. The third-order valence-corrected chi connectivity index (χ3v) is 9.59. The lowest BCUT2D eigenvalue weighted by Crippen LogP contribution is -2.54. The van der Waals surface area contributed by atoms with E-state index < -0.39 is 27.9 Å². The lowest BCUT2D eigenvalue weighted by atomic mass is 9.97. The first-order valence-corrected chi connectivity index (χ1v) is 15.0. The number of aromatic nitrogens is 4. The van der Waals surface area contributed by atoms with Crippen LogP contribution in [0.3, 0.4) is 0 Å². The van der Waals surface area contributed by atoms with E-state index in [0.29, 0.717) is 30.4 Å². The van der Waals surface area contributed by atoms with Gasteiger partial charge in [0.2, 0.25) is 0 Å². The molecular formula is C26H37N7O6S. The van der Waals surface area contributed by atoms with E-state index in [1.807, 2.05) is 26.0 Å². The molecule has 2 bridgehead atoms. The van der Waals surface area contributed by atoms with Crippen molar-refractivity contribution in [1.29, 1.82) is 0 Å². The first-order valence-electron chi connectivity index (χ1n) is 13.5. The van der Waals surface area contributed by atoms with Crippen molar-refractivity contribution in [3.63, 3.8) is 0 Å². The summed E-state index contributed by atoms with van der Waals surface area (Å²) in [6, 6.07) is 7.23. The van der Waals surface area contributed by atoms with Crippen LogP contribution < -0.4 is 15.8 Å². The fraction of sp³-hybridized carbons (Fsp3) is 0.577. The molecule has 40 heavy (non-hydrogen) atoms. The molecule has 2 aromatic heterocycles. The van der Waals surface area contributed by atoms with Crippen molar-refractivity contribution in [2.75, 3.05) is 20.1 Å². The number of aliphatic hydroxyl groups is 1. The maximum atomic E-state index is 13.0. The molecule has 2 N–H and O–H groups in total. The molecule has 0 saturated carbocycles. The summed E-state index contributed by atoms with van der Waals surface area (Å²) in [4.78, 5) is 37.5. The Morgan fingerprint density at radius 3 is 2.45 bits per heavy atom. The number of aryl methyl sites for hydroxylation is 1. The zero-order chi connectivity index (χ0) is 28.8. The van der Waals surface area contributed by atoms with Gasteiger partial charge in [-0.25, -0.2) is 23.0 Å². The number of nitrogens with zero attached hydrogens (tertiary/aromatic N) is 6. The average molecular weight is 576 g/mol. The minimum atomic E-state index is -3.80. The van der Waals surface area contributed by atoms with Crippen LogP contribution in [-0.2, 0) is 17.1 Å². The lowest BCUT2D eigenvalue weighted by molar-refractivity contribution is 0.0445. The molecule has 2 aliphatic heterocycles. The number of imidazole rings is 2. The number of carbonyl (C=O) groups excluding carboxylic acids is 1. The van der Waals surface area contributed by atoms with E-state index in [4.69, 9.17) is 4.84 Å². The molecule has 2 fully saturated rings. The van der Waals surface area contributed by atoms with Gasteiger partial charge < -0.3 is 19.8 Å². The Morgan fingerprint density at radius 1 is 1.20 bits per heavy atom. The molecule has 218 valence electrons. The second-order valence-corrected chi connectivity index (χ2v) is 13.1. The zero-order valence-electron chi connectivity index (χ0n) is 23.2. The van der Waals surface area contributed by atoms with E-state index in [9.17, 15) is 23.1 Å². The fourth-order valence-corrected chi connectivity index (χ4v) is 7.24. The number of aliphatic hydroxyl groups excluding tert-OH is 1. The number of piperidine rings is 1. The quantitative estimate of drug-likeness (QED) is 0.384. The molecule has 0 aliphatic carbocycles. The molecule has 2 aliphatic rings. The highest BCUT2D eigenvalue weighted by Gasteiger charge is 2.42. The summed E-state index contributed by atoms with van der Waals surface area (Å²) in [7, 11) is -0.666. The van der Waals surface area contributed by atoms with Crippen molar-refractivity contribution in [2.24, 2.45) is 7.05 Å². The van der Waals surface area contributed by atoms with Gasteiger partial charge in [0.1, 0.15) is 5.52 Å². The number of amides is 1. The summed E-state index contributed by atoms with van der Waals surface area (Å²) >= 11 is 0. The van der Waals surface area contributed by atoms with Crippen LogP contribution >= 0.6 is 0 Å². The van der Waals surface area contributed by atoms with Crippen LogP contribution in [0.5, 0.6) is 0 Å². The van der Waals surface area contributed by atoms with Crippen LogP contribution in [0, 0.1) is 0 Å². The van der Waals surface area contributed by atoms with Gasteiger partial charge in [-0.1, -0.05) is 12.1 Å². The predicted molar refractivity (Wildman–Crippen MR) is 147 cm³/mol. The number of fused-ring (bicyclic) bond motifs is 3. The molecule has 1 aromatic carbocycles. The van der Waals surface area contributed by atoms with Crippen LogP contribution in [0.1, 0.15) is 45.6 Å². The minimum absolute atomic E-state index is 0.0540. The van der Waals surface area contributed by atoms with Crippen molar-refractivity contribution in [1.82, 2.24) is 33.4 Å². The van der Waals surface area contributed by atoms with Crippen LogP contribution in [0.2, 0.25) is 0 Å². The third-order valence-electron chi connectivity index (χ3n) is 7.88. The van der Waals surface area contributed by atoms with Crippen LogP contribution in [0.4, 0.5) is 4.79 Å². The van der Waals surface area contributed by atoms with E-state index in [1.165, 1.54) is 19.6 Å². The smallest absolute Gasteiger partial charge is 0.390 e. The predicted octanol–water partition coefficient (Wildman–Crippen LogP) is 0.933. The largest absolute Gasteiger partial charge is 0.432 e. The molecule has 5 rings (SSSR count). The van der Waals surface area contributed by atoms with Crippen molar-refractivity contribution in [3.05, 3.63) is 47.3 Å². The van der Waals surface area contributed by atoms with Crippen molar-refractivity contribution in [3.8, 4) is 0 Å². The maximum absolute atomic E-state index is 13.0. The van der Waals surface area contributed by atoms with Crippen molar-refractivity contribution in [2.45, 2.75) is 74.8 Å². The summed E-state index contributed by atoms with van der Waals surface area (Å²) < 4.78 is 30.9. The van der Waals surface area contributed by atoms with Gasteiger partial charge in [-0.2, -0.15) is 4.31 Å². The molecular weight excluding hydrogens is 538 g/mol. The van der Waals surface area contributed by atoms with Crippen LogP contribution in [0.25, 0.3) is 11.0 Å². The molecule has 4 heterocycles. The van der Waals surface area contributed by atoms with E-state index in [-0.39, 0.29) is 35.7 Å². The minimum Gasteiger partial charge on any atom is -0.390 e. The highest BCUT2D eigenvalue weighted by molar-refractivity contribution is 7.89. The lowest BCUT2D eigenvalue weighted by Gasteiger charge is -2.40. The van der Waals surface area contributed by atoms with E-state index in [0.717, 1.165) is 21.9 Å². The first-order chi connectivity index (χ1) is 19.0. The molecule has 14 heteroatoms. The molecule has 13 nitrogen and oxygen atoms in total. The Morgan fingerprint density at radius 2 is 1.85 bits per heavy atom. The van der Waals surface area contributed by atoms with Gasteiger partial charge in [-0.3, -0.25) is 9.47 Å². The van der Waals surface area contributed by atoms with Gasteiger partial charge in [-0.05, 0) is 51.7 Å². The number of para-hydroxylation sites is 2. The number of hydrogen-bond donors (Lipinski definition) is 2. The number of rotatable bonds is 9. The molecule has 2 unspecified atom stereocenters. The number of likely N-dealkylation sites (N-methyl/N-ethyl adjacent to an activating group) is 1. The highest BCUT2D eigenvalue weighted by atomic mass is 32.2. The Bertz CT molecular complexity index is 1530. The van der Waals surface area contributed by atoms with E-state index >= 15 is 0 Å². The second-order valence-electron chi connectivity index (χ2n) is 11.1. The summed E-state index contributed by atoms with van der Waals surface area (Å²) in [5, 5.41) is 13.7. The van der Waals surface area contributed by atoms with Gasteiger partial charge in [0, 0.05) is 57.5 Å². The Hall–Kier alpha value is -3.20. The standard InChI is InChI=1S/C26H37N7O6S/c1-17(2)32-22-7-5-6-8-23(22)33(26(32)36)39-25(35)28-18-11-19-9-10-20(12-18)31(19)14-21(34)13-30(4)40(37,38)24-15-29(3)16-27-24/h5-8,15-21,34H,9-14H2,1-4H3,(H,28,35)/t18?,19-,20+,21?. The van der Waals surface area contributed by atoms with Gasteiger partial charge in [0.15, 0.2) is 5.03 Å². The summed E-state index contributed by atoms with van der Waals surface area (Å²) in [5.41, 5.74) is 0.805. The summed E-state index contributed by atoms with van der Waals surface area (Å²) in [5.74, 6) is 0.